The third-order valence-electron chi connectivity index (χ3n) is 4.95. The van der Waals surface area contributed by atoms with Crippen molar-refractivity contribution in [3.8, 4) is 0 Å². The monoisotopic (exact) mass is 294 g/mol. The van der Waals surface area contributed by atoms with E-state index in [1.807, 2.05) is 4.90 Å². The van der Waals surface area contributed by atoms with Gasteiger partial charge in [0, 0.05) is 19.6 Å². The lowest BCUT2D eigenvalue weighted by molar-refractivity contribution is -0.137. The van der Waals surface area contributed by atoms with E-state index in [0.29, 0.717) is 5.41 Å². The minimum atomic E-state index is -0.981. The molecule has 1 spiro atoms. The van der Waals surface area contributed by atoms with Gasteiger partial charge in [-0.1, -0.05) is 25.3 Å². The Hall–Kier alpha value is -1.52. The van der Waals surface area contributed by atoms with Crippen LogP contribution in [0.4, 0.5) is 4.79 Å². The van der Waals surface area contributed by atoms with Gasteiger partial charge in [-0.25, -0.2) is 4.79 Å². The van der Waals surface area contributed by atoms with Crippen LogP contribution in [-0.4, -0.2) is 53.1 Å². The summed E-state index contributed by atoms with van der Waals surface area (Å²) in [6.45, 7) is 5.14. The van der Waals surface area contributed by atoms with E-state index in [2.05, 4.69) is 6.58 Å². The van der Waals surface area contributed by atoms with Crippen molar-refractivity contribution >= 4 is 12.0 Å². The lowest BCUT2D eigenvalue weighted by atomic mass is 9.68. The molecule has 1 saturated carbocycles. The molecule has 0 aromatic carbocycles. The molecular weight excluding hydrogens is 268 g/mol. The molecule has 2 rings (SSSR count). The van der Waals surface area contributed by atoms with Gasteiger partial charge in [0.2, 0.25) is 0 Å². The zero-order valence-electron chi connectivity index (χ0n) is 12.7. The molecule has 1 aliphatic carbocycles. The molecule has 1 heterocycles. The summed E-state index contributed by atoms with van der Waals surface area (Å²) in [5.74, 6) is -0.981. The first-order valence-corrected chi connectivity index (χ1v) is 7.93. The largest absolute Gasteiger partial charge is 0.480 e. The van der Waals surface area contributed by atoms with E-state index >= 15 is 0 Å². The second-order valence-electron chi connectivity index (χ2n) is 6.39. The Balaban J connectivity index is 1.91. The van der Waals surface area contributed by atoms with Gasteiger partial charge in [-0.2, -0.15) is 0 Å². The summed E-state index contributed by atoms with van der Waals surface area (Å²) in [5, 5.41) is 8.91. The average molecular weight is 294 g/mol. The Morgan fingerprint density at radius 3 is 2.29 bits per heavy atom. The fraction of sp³-hybridized carbons (Fsp3) is 0.750. The van der Waals surface area contributed by atoms with Gasteiger partial charge in [0.05, 0.1) is 0 Å². The second-order valence-corrected chi connectivity index (χ2v) is 6.39. The molecule has 118 valence electrons. The van der Waals surface area contributed by atoms with Gasteiger partial charge >= 0.3 is 12.0 Å². The van der Waals surface area contributed by atoms with Crippen LogP contribution in [-0.2, 0) is 4.79 Å². The molecule has 2 amide bonds. The van der Waals surface area contributed by atoms with Crippen molar-refractivity contribution < 1.29 is 14.7 Å². The predicted molar refractivity (Wildman–Crippen MR) is 81.1 cm³/mol. The van der Waals surface area contributed by atoms with Gasteiger partial charge in [0.25, 0.3) is 0 Å². The van der Waals surface area contributed by atoms with Gasteiger partial charge in [0.15, 0.2) is 0 Å². The number of aliphatic carboxylic acids is 1. The third kappa shape index (κ3) is 3.99. The maximum Gasteiger partial charge on any atom is 0.323 e. The number of carboxylic acids is 1. The molecule has 2 fully saturated rings. The maximum absolute atomic E-state index is 12.4. The van der Waals surface area contributed by atoms with Gasteiger partial charge in [-0.3, -0.25) is 4.79 Å². The first kappa shape index (κ1) is 15.9. The Bertz CT molecular complexity index is 392. The van der Waals surface area contributed by atoms with Crippen molar-refractivity contribution in [2.45, 2.75) is 44.9 Å². The molecule has 21 heavy (non-hydrogen) atoms. The normalized spacial score (nSPS) is 21.0. The highest BCUT2D eigenvalue weighted by atomic mass is 16.4. The van der Waals surface area contributed by atoms with E-state index < -0.39 is 5.97 Å². The summed E-state index contributed by atoms with van der Waals surface area (Å²) >= 11 is 0. The van der Waals surface area contributed by atoms with Crippen LogP contribution in [0.3, 0.4) is 0 Å². The zero-order chi connectivity index (χ0) is 15.3. The average Bonchev–Trinajstić information content (AvgIpc) is 2.47. The number of amides is 2. The van der Waals surface area contributed by atoms with Crippen LogP contribution in [0.5, 0.6) is 0 Å². The number of nitrogens with zero attached hydrogens (tertiary/aromatic N) is 2. The minimum absolute atomic E-state index is 0.164. The van der Waals surface area contributed by atoms with Crippen LogP contribution in [0.25, 0.3) is 0 Å². The Morgan fingerprint density at radius 2 is 1.76 bits per heavy atom. The van der Waals surface area contributed by atoms with E-state index in [4.69, 9.17) is 5.11 Å². The summed E-state index contributed by atoms with van der Waals surface area (Å²) in [6, 6.07) is -0.164. The summed E-state index contributed by atoms with van der Waals surface area (Å²) in [4.78, 5) is 26.5. The highest BCUT2D eigenvalue weighted by Gasteiger charge is 2.37. The number of carbonyl (C=O) groups excluding carboxylic acids is 1. The van der Waals surface area contributed by atoms with Crippen LogP contribution < -0.4 is 0 Å². The van der Waals surface area contributed by atoms with Crippen molar-refractivity contribution in [1.29, 1.82) is 0 Å². The van der Waals surface area contributed by atoms with Gasteiger partial charge in [0.1, 0.15) is 6.54 Å². The Morgan fingerprint density at radius 1 is 1.14 bits per heavy atom. The van der Waals surface area contributed by atoms with Crippen molar-refractivity contribution in [2.24, 2.45) is 5.41 Å². The molecule has 0 aromatic rings. The van der Waals surface area contributed by atoms with Gasteiger partial charge in [-0.05, 0) is 31.1 Å². The SMILES string of the molecule is C=CCN(CC(=O)O)C(=O)N1CCC2(CCCCC2)CC1. The van der Waals surface area contributed by atoms with Gasteiger partial charge in [-0.15, -0.1) is 6.58 Å². The van der Waals surface area contributed by atoms with E-state index in [1.54, 1.807) is 6.08 Å². The molecule has 2 aliphatic rings. The molecule has 0 aromatic heterocycles. The lowest BCUT2D eigenvalue weighted by Crippen LogP contribution is -2.50. The molecule has 5 heteroatoms. The summed E-state index contributed by atoms with van der Waals surface area (Å²) in [7, 11) is 0. The number of piperidine rings is 1. The number of urea groups is 1. The van der Waals surface area contributed by atoms with Crippen molar-refractivity contribution in [2.75, 3.05) is 26.2 Å². The summed E-state index contributed by atoms with van der Waals surface area (Å²) in [5.41, 5.74) is 0.449. The second kappa shape index (κ2) is 6.96. The fourth-order valence-corrected chi connectivity index (χ4v) is 3.70. The van der Waals surface area contributed by atoms with E-state index in [0.717, 1.165) is 25.9 Å². The molecule has 5 nitrogen and oxygen atoms in total. The molecule has 0 bridgehead atoms. The standard InChI is InChI=1S/C16H26N2O3/c1-2-10-18(13-14(19)20)15(21)17-11-8-16(9-12-17)6-4-3-5-7-16/h2H,1,3-13H2,(H,19,20). The van der Waals surface area contributed by atoms with Crippen LogP contribution in [0.15, 0.2) is 12.7 Å². The third-order valence-corrected chi connectivity index (χ3v) is 4.95. The van der Waals surface area contributed by atoms with Crippen LogP contribution in [0.2, 0.25) is 0 Å². The number of hydrogen-bond acceptors (Lipinski definition) is 2. The molecule has 0 atom stereocenters. The fourth-order valence-electron chi connectivity index (χ4n) is 3.70. The van der Waals surface area contributed by atoms with Crippen molar-refractivity contribution in [1.82, 2.24) is 9.80 Å². The molecule has 1 saturated heterocycles. The minimum Gasteiger partial charge on any atom is -0.480 e. The molecular formula is C16H26N2O3. The van der Waals surface area contributed by atoms with Gasteiger partial charge < -0.3 is 14.9 Å². The highest BCUT2D eigenvalue weighted by molar-refractivity contribution is 5.80. The lowest BCUT2D eigenvalue weighted by Gasteiger charge is -2.45. The molecule has 1 N–H and O–H groups in total. The number of carbonyl (C=O) groups is 2. The smallest absolute Gasteiger partial charge is 0.323 e. The first-order chi connectivity index (χ1) is 10.1. The molecule has 0 radical (unpaired) electrons. The molecule has 1 aliphatic heterocycles. The first-order valence-electron chi connectivity index (χ1n) is 7.93. The number of likely N-dealkylation sites (tertiary alicyclic amines) is 1. The Labute approximate surface area is 126 Å². The zero-order valence-corrected chi connectivity index (χ0v) is 12.7. The quantitative estimate of drug-likeness (QED) is 0.811. The summed E-state index contributed by atoms with van der Waals surface area (Å²) < 4.78 is 0. The van der Waals surface area contributed by atoms with Crippen molar-refractivity contribution in [3.05, 3.63) is 12.7 Å². The van der Waals surface area contributed by atoms with E-state index in [1.165, 1.54) is 37.0 Å². The highest BCUT2D eigenvalue weighted by Crippen LogP contribution is 2.44. The van der Waals surface area contributed by atoms with Crippen LogP contribution in [0, 0.1) is 5.41 Å². The van der Waals surface area contributed by atoms with E-state index in [9.17, 15) is 9.59 Å². The van der Waals surface area contributed by atoms with E-state index in [-0.39, 0.29) is 19.1 Å². The molecule has 0 unspecified atom stereocenters. The van der Waals surface area contributed by atoms with Crippen molar-refractivity contribution in [3.63, 3.8) is 0 Å². The summed E-state index contributed by atoms with van der Waals surface area (Å²) in [6.07, 6.45) is 10.3. The predicted octanol–water partition coefficient (Wildman–Crippen LogP) is 2.73. The Kier molecular flexibility index (Phi) is 5.26. The van der Waals surface area contributed by atoms with Crippen LogP contribution >= 0.6 is 0 Å². The maximum atomic E-state index is 12.4. The number of hydrogen-bond donors (Lipinski definition) is 1. The number of carboxylic acid groups (broad SMARTS) is 1. The topological polar surface area (TPSA) is 60.9 Å². The number of rotatable bonds is 4. The van der Waals surface area contributed by atoms with Crippen LogP contribution in [0.1, 0.15) is 44.9 Å².